The van der Waals surface area contributed by atoms with Crippen LogP contribution in [0.1, 0.15) is 31.1 Å². The Bertz CT molecular complexity index is 477. The molecule has 0 spiro atoms. The van der Waals surface area contributed by atoms with Gasteiger partial charge in [0, 0.05) is 24.7 Å². The molecule has 1 aromatic carbocycles. The SMILES string of the molecule is COc1ccc(C(=O)NC(C)CN(C)CC(C)C)cc1F. The van der Waals surface area contributed by atoms with E-state index in [1.165, 1.54) is 19.2 Å². The number of carbonyl (C=O) groups excluding carboxylic acids is 1. The Morgan fingerprint density at radius 1 is 1.33 bits per heavy atom. The highest BCUT2D eigenvalue weighted by Gasteiger charge is 2.14. The van der Waals surface area contributed by atoms with Crippen LogP contribution in [0, 0.1) is 11.7 Å². The summed E-state index contributed by atoms with van der Waals surface area (Å²) in [7, 11) is 3.42. The minimum Gasteiger partial charge on any atom is -0.494 e. The van der Waals surface area contributed by atoms with Crippen LogP contribution >= 0.6 is 0 Å². The zero-order valence-corrected chi connectivity index (χ0v) is 13.4. The number of benzene rings is 1. The highest BCUT2D eigenvalue weighted by atomic mass is 19.1. The van der Waals surface area contributed by atoms with E-state index >= 15 is 0 Å². The minimum absolute atomic E-state index is 0.00795. The van der Waals surface area contributed by atoms with E-state index in [1.807, 2.05) is 14.0 Å². The second-order valence-corrected chi connectivity index (χ2v) is 5.84. The number of ether oxygens (including phenoxy) is 1. The molecule has 0 bridgehead atoms. The lowest BCUT2D eigenvalue weighted by Gasteiger charge is -2.23. The minimum atomic E-state index is -0.533. The van der Waals surface area contributed by atoms with E-state index in [1.54, 1.807) is 6.07 Å². The van der Waals surface area contributed by atoms with Crippen LogP contribution in [0.3, 0.4) is 0 Å². The van der Waals surface area contributed by atoms with Crippen molar-refractivity contribution in [2.75, 3.05) is 27.2 Å². The Balaban J connectivity index is 2.58. The van der Waals surface area contributed by atoms with Gasteiger partial charge < -0.3 is 15.0 Å². The molecule has 118 valence electrons. The van der Waals surface area contributed by atoms with Crippen LogP contribution in [0.2, 0.25) is 0 Å². The molecular formula is C16H25FN2O2. The molecule has 0 saturated carbocycles. The van der Waals surface area contributed by atoms with E-state index in [0.717, 1.165) is 13.1 Å². The zero-order valence-electron chi connectivity index (χ0n) is 13.4. The van der Waals surface area contributed by atoms with E-state index in [2.05, 4.69) is 24.1 Å². The smallest absolute Gasteiger partial charge is 0.251 e. The highest BCUT2D eigenvalue weighted by Crippen LogP contribution is 2.17. The molecule has 0 saturated heterocycles. The molecule has 1 unspecified atom stereocenters. The van der Waals surface area contributed by atoms with Crippen molar-refractivity contribution in [2.24, 2.45) is 5.92 Å². The van der Waals surface area contributed by atoms with Crippen molar-refractivity contribution >= 4 is 5.91 Å². The molecule has 1 amide bonds. The molecule has 0 aliphatic rings. The number of rotatable bonds is 7. The van der Waals surface area contributed by atoms with Crippen molar-refractivity contribution in [1.29, 1.82) is 0 Å². The van der Waals surface area contributed by atoms with Gasteiger partial charge in [0.1, 0.15) is 0 Å². The van der Waals surface area contributed by atoms with Crippen molar-refractivity contribution in [1.82, 2.24) is 10.2 Å². The summed E-state index contributed by atoms with van der Waals surface area (Å²) in [4.78, 5) is 14.2. The number of likely N-dealkylation sites (N-methyl/N-ethyl adjacent to an activating group) is 1. The van der Waals surface area contributed by atoms with E-state index < -0.39 is 5.82 Å². The van der Waals surface area contributed by atoms with Crippen LogP contribution < -0.4 is 10.1 Å². The zero-order chi connectivity index (χ0) is 16.0. The molecule has 5 heteroatoms. The van der Waals surface area contributed by atoms with E-state index in [9.17, 15) is 9.18 Å². The maximum absolute atomic E-state index is 13.6. The van der Waals surface area contributed by atoms with Crippen LogP contribution in [0.5, 0.6) is 5.75 Å². The summed E-state index contributed by atoms with van der Waals surface area (Å²) < 4.78 is 18.4. The molecule has 0 aliphatic heterocycles. The largest absolute Gasteiger partial charge is 0.494 e. The highest BCUT2D eigenvalue weighted by molar-refractivity contribution is 5.94. The summed E-state index contributed by atoms with van der Waals surface area (Å²) >= 11 is 0. The summed E-state index contributed by atoms with van der Waals surface area (Å²) in [6.45, 7) is 7.97. The Labute approximate surface area is 126 Å². The fraction of sp³-hybridized carbons (Fsp3) is 0.562. The topological polar surface area (TPSA) is 41.6 Å². The summed E-state index contributed by atoms with van der Waals surface area (Å²) in [6, 6.07) is 4.20. The van der Waals surface area contributed by atoms with Gasteiger partial charge in [0.05, 0.1) is 7.11 Å². The summed E-state index contributed by atoms with van der Waals surface area (Å²) in [6.07, 6.45) is 0. The molecule has 0 heterocycles. The molecule has 4 nitrogen and oxygen atoms in total. The molecule has 1 N–H and O–H groups in total. The van der Waals surface area contributed by atoms with Gasteiger partial charge >= 0.3 is 0 Å². The fourth-order valence-electron chi connectivity index (χ4n) is 2.33. The average molecular weight is 296 g/mol. The molecule has 0 aliphatic carbocycles. The number of hydrogen-bond donors (Lipinski definition) is 1. The number of nitrogens with one attached hydrogen (secondary N) is 1. The van der Waals surface area contributed by atoms with E-state index in [0.29, 0.717) is 11.5 Å². The van der Waals surface area contributed by atoms with Crippen LogP contribution in [-0.2, 0) is 0 Å². The van der Waals surface area contributed by atoms with E-state index in [-0.39, 0.29) is 17.7 Å². The van der Waals surface area contributed by atoms with Gasteiger partial charge in [0.2, 0.25) is 0 Å². The van der Waals surface area contributed by atoms with Crippen LogP contribution in [0.15, 0.2) is 18.2 Å². The van der Waals surface area contributed by atoms with Gasteiger partial charge in [-0.05, 0) is 38.1 Å². The van der Waals surface area contributed by atoms with E-state index in [4.69, 9.17) is 4.74 Å². The first-order valence-corrected chi connectivity index (χ1v) is 7.16. The number of amides is 1. The molecule has 1 aromatic rings. The number of hydrogen-bond acceptors (Lipinski definition) is 3. The predicted molar refractivity (Wildman–Crippen MR) is 82.2 cm³/mol. The summed E-state index contributed by atoms with van der Waals surface area (Å²) in [5, 5.41) is 2.88. The van der Waals surface area contributed by atoms with Crippen molar-refractivity contribution < 1.29 is 13.9 Å². The van der Waals surface area contributed by atoms with Gasteiger partial charge in [-0.2, -0.15) is 0 Å². The van der Waals surface area contributed by atoms with Crippen LogP contribution in [-0.4, -0.2) is 44.1 Å². The molecule has 0 aromatic heterocycles. The fourth-order valence-corrected chi connectivity index (χ4v) is 2.33. The maximum atomic E-state index is 13.6. The second-order valence-electron chi connectivity index (χ2n) is 5.84. The van der Waals surface area contributed by atoms with Gasteiger partial charge in [-0.3, -0.25) is 4.79 Å². The molecule has 0 radical (unpaired) electrons. The van der Waals surface area contributed by atoms with Crippen LogP contribution in [0.25, 0.3) is 0 Å². The lowest BCUT2D eigenvalue weighted by molar-refractivity contribution is 0.0930. The molecule has 21 heavy (non-hydrogen) atoms. The molecule has 1 atom stereocenters. The average Bonchev–Trinajstić information content (AvgIpc) is 2.36. The first-order valence-electron chi connectivity index (χ1n) is 7.16. The Morgan fingerprint density at radius 3 is 2.52 bits per heavy atom. The normalized spacial score (nSPS) is 12.6. The number of methoxy groups -OCH3 is 1. The number of carbonyl (C=O) groups is 1. The Kier molecular flexibility index (Phi) is 6.62. The van der Waals surface area contributed by atoms with Gasteiger partial charge in [-0.25, -0.2) is 4.39 Å². The van der Waals surface area contributed by atoms with Crippen molar-refractivity contribution in [2.45, 2.75) is 26.8 Å². The molecule has 1 rings (SSSR count). The third kappa shape index (κ3) is 5.71. The van der Waals surface area contributed by atoms with Gasteiger partial charge in [0.25, 0.3) is 5.91 Å². The van der Waals surface area contributed by atoms with Crippen LogP contribution in [0.4, 0.5) is 4.39 Å². The third-order valence-corrected chi connectivity index (χ3v) is 3.05. The molecule has 0 fully saturated rings. The van der Waals surface area contributed by atoms with Gasteiger partial charge in [-0.15, -0.1) is 0 Å². The van der Waals surface area contributed by atoms with Gasteiger partial charge in [0.15, 0.2) is 11.6 Å². The maximum Gasteiger partial charge on any atom is 0.251 e. The monoisotopic (exact) mass is 296 g/mol. The van der Waals surface area contributed by atoms with Gasteiger partial charge in [-0.1, -0.05) is 13.8 Å². The van der Waals surface area contributed by atoms with Crippen molar-refractivity contribution in [3.8, 4) is 5.75 Å². The standard InChI is InChI=1S/C16H25FN2O2/c1-11(2)9-19(4)10-12(3)18-16(20)13-6-7-15(21-5)14(17)8-13/h6-8,11-12H,9-10H2,1-5H3,(H,18,20). The lowest BCUT2D eigenvalue weighted by atomic mass is 10.1. The van der Waals surface area contributed by atoms with Crippen molar-refractivity contribution in [3.05, 3.63) is 29.6 Å². The summed E-state index contributed by atoms with van der Waals surface area (Å²) in [5.74, 6) is -0.0958. The van der Waals surface area contributed by atoms with Crippen molar-refractivity contribution in [3.63, 3.8) is 0 Å². The third-order valence-electron chi connectivity index (χ3n) is 3.05. The number of halogens is 1. The first-order chi connectivity index (χ1) is 9.83. The second kappa shape index (κ2) is 7.98. The Morgan fingerprint density at radius 2 is 2.00 bits per heavy atom. The quantitative estimate of drug-likeness (QED) is 0.840. The first kappa shape index (κ1) is 17.4. The molecular weight excluding hydrogens is 271 g/mol. The number of nitrogens with zero attached hydrogens (tertiary/aromatic N) is 1. The predicted octanol–water partition coefficient (Wildman–Crippen LogP) is 2.54. The lowest BCUT2D eigenvalue weighted by Crippen LogP contribution is -2.41. The summed E-state index contributed by atoms with van der Waals surface area (Å²) in [5.41, 5.74) is 0.298. The Hall–Kier alpha value is -1.62.